The zero-order chi connectivity index (χ0) is 20.1. The summed E-state index contributed by atoms with van der Waals surface area (Å²) >= 11 is 1.61. The molecule has 0 spiro atoms. The van der Waals surface area contributed by atoms with E-state index in [2.05, 4.69) is 15.9 Å². The topological polar surface area (TPSA) is 41.4 Å². The van der Waals surface area contributed by atoms with Crippen molar-refractivity contribution >= 4 is 17.2 Å². The number of fused-ring (bicyclic) bond motifs is 6. The van der Waals surface area contributed by atoms with Crippen molar-refractivity contribution in [3.05, 3.63) is 47.2 Å². The fourth-order valence-corrected chi connectivity index (χ4v) is 7.26. The molecule has 1 amide bonds. The quantitative estimate of drug-likeness (QED) is 0.705. The number of hydrogen-bond acceptors (Lipinski definition) is 4. The maximum atomic E-state index is 13.4. The lowest BCUT2D eigenvalue weighted by molar-refractivity contribution is -0.135. The van der Waals surface area contributed by atoms with Crippen LogP contribution in [0.15, 0.2) is 41.6 Å². The molecular formula is C24H30N4OS. The van der Waals surface area contributed by atoms with Crippen molar-refractivity contribution in [3.63, 3.8) is 0 Å². The van der Waals surface area contributed by atoms with Gasteiger partial charge in [0.15, 0.2) is 5.13 Å². The Kier molecular flexibility index (Phi) is 4.80. The van der Waals surface area contributed by atoms with Gasteiger partial charge < -0.3 is 9.47 Å². The molecule has 3 saturated heterocycles. The number of aromatic nitrogens is 2. The van der Waals surface area contributed by atoms with E-state index in [-0.39, 0.29) is 5.91 Å². The highest BCUT2D eigenvalue weighted by atomic mass is 32.1. The van der Waals surface area contributed by atoms with Gasteiger partial charge in [-0.1, -0.05) is 18.1 Å². The van der Waals surface area contributed by atoms with Gasteiger partial charge >= 0.3 is 0 Å². The third-order valence-electron chi connectivity index (χ3n) is 7.67. The van der Waals surface area contributed by atoms with E-state index in [0.717, 1.165) is 29.8 Å². The zero-order valence-corrected chi connectivity index (χ0v) is 18.3. The largest absolute Gasteiger partial charge is 0.335 e. The van der Waals surface area contributed by atoms with Gasteiger partial charge in [-0.25, -0.2) is 4.98 Å². The predicted molar refractivity (Wildman–Crippen MR) is 119 cm³/mol. The summed E-state index contributed by atoms with van der Waals surface area (Å²) in [5, 5.41) is 2.98. The van der Waals surface area contributed by atoms with Crippen LogP contribution in [0.3, 0.4) is 0 Å². The van der Waals surface area contributed by atoms with Gasteiger partial charge in [-0.2, -0.15) is 0 Å². The van der Waals surface area contributed by atoms with Crippen LogP contribution in [0.4, 0.5) is 0 Å². The van der Waals surface area contributed by atoms with Crippen LogP contribution in [0.25, 0.3) is 5.13 Å². The molecule has 158 valence electrons. The Hall–Kier alpha value is -1.92. The molecule has 5 heterocycles. The summed E-state index contributed by atoms with van der Waals surface area (Å²) < 4.78 is 2.01. The van der Waals surface area contributed by atoms with Crippen molar-refractivity contribution in [2.24, 2.45) is 11.8 Å². The predicted octanol–water partition coefficient (Wildman–Crippen LogP) is 3.90. The molecule has 3 aliphatic heterocycles. The van der Waals surface area contributed by atoms with E-state index in [1.807, 2.05) is 34.5 Å². The average molecular weight is 423 g/mol. The van der Waals surface area contributed by atoms with Crippen molar-refractivity contribution in [1.29, 1.82) is 0 Å². The molecule has 2 bridgehead atoms. The maximum absolute atomic E-state index is 13.4. The molecule has 2 aromatic heterocycles. The van der Waals surface area contributed by atoms with Gasteiger partial charge in [-0.15, -0.1) is 11.3 Å². The standard InChI is InChI=1S/C24H30N4OS/c29-22(14-20-16-30-24(25-20)26-8-3-4-9-26)28-11-5-6-17-12-18-13-19(23(17)28)15-27-10-2-1-7-21(18)27/h3-4,8-9,12,16,18-19,21,23H,1-2,5-7,10-11,13-15H2/t18?,19?,21-,23-/m1/s1. The van der Waals surface area contributed by atoms with Gasteiger partial charge in [-0.3, -0.25) is 9.69 Å². The van der Waals surface area contributed by atoms with Gasteiger partial charge in [0, 0.05) is 36.9 Å². The smallest absolute Gasteiger partial charge is 0.229 e. The van der Waals surface area contributed by atoms with Crippen LogP contribution >= 0.6 is 11.3 Å². The number of thiazole rings is 1. The van der Waals surface area contributed by atoms with Gasteiger partial charge in [-0.05, 0) is 62.6 Å². The van der Waals surface area contributed by atoms with E-state index in [0.29, 0.717) is 24.3 Å². The number of nitrogens with zero attached hydrogens (tertiary/aromatic N) is 4. The molecule has 2 unspecified atom stereocenters. The van der Waals surface area contributed by atoms with E-state index in [1.54, 1.807) is 16.9 Å². The van der Waals surface area contributed by atoms with Crippen LogP contribution in [0, 0.1) is 11.8 Å². The Morgan fingerprint density at radius 3 is 2.97 bits per heavy atom. The molecule has 0 N–H and O–H groups in total. The number of hydrogen-bond donors (Lipinski definition) is 0. The number of likely N-dealkylation sites (tertiary alicyclic amines) is 1. The summed E-state index contributed by atoms with van der Waals surface area (Å²) in [6, 6.07) is 5.09. The van der Waals surface area contributed by atoms with E-state index in [9.17, 15) is 4.79 Å². The lowest BCUT2D eigenvalue weighted by Gasteiger charge is -2.54. The highest BCUT2D eigenvalue weighted by molar-refractivity contribution is 7.12. The lowest BCUT2D eigenvalue weighted by atomic mass is 9.68. The first kappa shape index (κ1) is 18.8. The molecule has 0 radical (unpaired) electrons. The second-order valence-corrected chi connectivity index (χ2v) is 10.3. The fourth-order valence-electron chi connectivity index (χ4n) is 6.47. The lowest BCUT2D eigenvalue weighted by Crippen LogP contribution is -2.60. The summed E-state index contributed by atoms with van der Waals surface area (Å²) in [6.45, 7) is 3.34. The summed E-state index contributed by atoms with van der Waals surface area (Å²) in [4.78, 5) is 23.1. The molecule has 30 heavy (non-hydrogen) atoms. The molecule has 0 aromatic carbocycles. The minimum absolute atomic E-state index is 0.258. The molecule has 0 saturated carbocycles. The van der Waals surface area contributed by atoms with E-state index < -0.39 is 0 Å². The van der Waals surface area contributed by atoms with E-state index in [4.69, 9.17) is 4.98 Å². The highest BCUT2D eigenvalue weighted by Gasteiger charge is 2.46. The second kappa shape index (κ2) is 7.65. The third-order valence-corrected chi connectivity index (χ3v) is 8.58. The molecule has 1 aliphatic carbocycles. The Morgan fingerprint density at radius 1 is 1.17 bits per heavy atom. The Morgan fingerprint density at radius 2 is 2.07 bits per heavy atom. The molecule has 6 heteroatoms. The number of carbonyl (C=O) groups is 1. The molecule has 6 rings (SSSR count). The minimum atomic E-state index is 0.258. The number of amides is 1. The Bertz CT molecular complexity index is 948. The normalized spacial score (nSPS) is 31.1. The monoisotopic (exact) mass is 422 g/mol. The Labute approximate surface area is 182 Å². The minimum Gasteiger partial charge on any atom is -0.335 e. The fraction of sp³-hybridized carbons (Fsp3) is 0.583. The van der Waals surface area contributed by atoms with Crippen molar-refractivity contribution in [2.45, 2.75) is 57.0 Å². The van der Waals surface area contributed by atoms with Crippen LogP contribution < -0.4 is 0 Å². The summed E-state index contributed by atoms with van der Waals surface area (Å²) in [5.74, 6) is 1.58. The first-order valence-corrected chi connectivity index (χ1v) is 12.5. The van der Waals surface area contributed by atoms with Gasteiger partial charge in [0.05, 0.1) is 18.2 Å². The SMILES string of the molecule is O=C(Cc1csc(-n2cccc2)n1)N1CCCC2=CC3CC(CN4CCCC[C@H]34)[C@@H]21. The molecule has 4 aliphatic rings. The van der Waals surface area contributed by atoms with E-state index in [1.165, 1.54) is 45.2 Å². The molecular weight excluding hydrogens is 392 g/mol. The van der Waals surface area contributed by atoms with Gasteiger partial charge in [0.1, 0.15) is 0 Å². The molecule has 3 fully saturated rings. The second-order valence-electron chi connectivity index (χ2n) is 9.48. The van der Waals surface area contributed by atoms with Crippen LogP contribution in [0.2, 0.25) is 0 Å². The van der Waals surface area contributed by atoms with Crippen molar-refractivity contribution in [3.8, 4) is 5.13 Å². The van der Waals surface area contributed by atoms with Crippen LogP contribution in [-0.2, 0) is 11.2 Å². The first-order valence-electron chi connectivity index (χ1n) is 11.6. The average Bonchev–Trinajstić information content (AvgIpc) is 3.45. The summed E-state index contributed by atoms with van der Waals surface area (Å²) in [7, 11) is 0. The maximum Gasteiger partial charge on any atom is 0.229 e. The molecule has 5 nitrogen and oxygen atoms in total. The Balaban J connectivity index is 1.22. The molecule has 2 aromatic rings. The summed E-state index contributed by atoms with van der Waals surface area (Å²) in [6.07, 6.45) is 14.7. The number of carbonyl (C=O) groups excluding carboxylic acids is 1. The van der Waals surface area contributed by atoms with Crippen LogP contribution in [0.1, 0.15) is 44.2 Å². The highest BCUT2D eigenvalue weighted by Crippen LogP contribution is 2.45. The van der Waals surface area contributed by atoms with Crippen molar-refractivity contribution < 1.29 is 4.79 Å². The van der Waals surface area contributed by atoms with Crippen molar-refractivity contribution in [1.82, 2.24) is 19.4 Å². The van der Waals surface area contributed by atoms with Crippen LogP contribution in [0.5, 0.6) is 0 Å². The van der Waals surface area contributed by atoms with Crippen molar-refractivity contribution in [2.75, 3.05) is 19.6 Å². The number of rotatable bonds is 3. The first-order chi connectivity index (χ1) is 14.8. The molecule has 4 atom stereocenters. The number of piperidine rings is 3. The third kappa shape index (κ3) is 3.25. The zero-order valence-electron chi connectivity index (χ0n) is 17.4. The van der Waals surface area contributed by atoms with Gasteiger partial charge in [0.25, 0.3) is 0 Å². The van der Waals surface area contributed by atoms with Crippen LogP contribution in [-0.4, -0.2) is 57.0 Å². The van der Waals surface area contributed by atoms with Gasteiger partial charge in [0.2, 0.25) is 5.91 Å². The van der Waals surface area contributed by atoms with E-state index >= 15 is 0 Å². The summed E-state index contributed by atoms with van der Waals surface area (Å²) in [5.41, 5.74) is 2.46.